The molecule has 0 heterocycles. The minimum Gasteiger partial charge on any atom is -0.393 e. The van der Waals surface area contributed by atoms with E-state index in [1.165, 1.54) is 12.5 Å². The van der Waals surface area contributed by atoms with Crippen LogP contribution in [0.4, 0.5) is 4.39 Å². The van der Waals surface area contributed by atoms with Gasteiger partial charge in [0.15, 0.2) is 0 Å². The van der Waals surface area contributed by atoms with Gasteiger partial charge in [0.2, 0.25) is 0 Å². The lowest BCUT2D eigenvalue weighted by Gasteiger charge is -2.41. The van der Waals surface area contributed by atoms with Gasteiger partial charge in [0.25, 0.3) is 0 Å². The van der Waals surface area contributed by atoms with Gasteiger partial charge in [-0.05, 0) is 59.3 Å². The number of ether oxygens (including phenoxy) is 1. The number of hydrogen-bond donors (Lipinski definition) is 1. The third-order valence-electron chi connectivity index (χ3n) is 3.76. The van der Waals surface area contributed by atoms with Crippen molar-refractivity contribution in [3.8, 4) is 0 Å². The third kappa shape index (κ3) is 3.11. The van der Waals surface area contributed by atoms with E-state index < -0.39 is 6.10 Å². The van der Waals surface area contributed by atoms with Crippen molar-refractivity contribution in [2.45, 2.75) is 43.8 Å². The first-order valence-corrected chi connectivity index (χ1v) is 7.01. The van der Waals surface area contributed by atoms with Gasteiger partial charge in [-0.1, -0.05) is 6.07 Å². The van der Waals surface area contributed by atoms with Gasteiger partial charge in [-0.15, -0.1) is 0 Å². The molecule has 0 aliphatic heterocycles. The van der Waals surface area contributed by atoms with Gasteiger partial charge in [0.05, 0.1) is 16.2 Å². The molecule has 0 amide bonds. The van der Waals surface area contributed by atoms with Crippen LogP contribution in [0.3, 0.4) is 0 Å². The van der Waals surface area contributed by atoms with Gasteiger partial charge < -0.3 is 9.84 Å². The van der Waals surface area contributed by atoms with E-state index in [4.69, 9.17) is 4.74 Å². The van der Waals surface area contributed by atoms with Crippen molar-refractivity contribution in [1.29, 1.82) is 0 Å². The number of methoxy groups -OCH3 is 1. The second-order valence-corrected chi connectivity index (χ2v) is 5.91. The number of aliphatic hydroxyl groups is 1. The lowest BCUT2D eigenvalue weighted by Crippen LogP contribution is -2.42. The number of benzene rings is 1. The molecular weight excluding hydrogens is 299 g/mol. The molecule has 0 spiro atoms. The largest absolute Gasteiger partial charge is 0.393 e. The molecule has 1 aromatic carbocycles. The number of rotatable bonds is 5. The monoisotopic (exact) mass is 316 g/mol. The number of aliphatic hydroxyl groups excluding tert-OH is 1. The van der Waals surface area contributed by atoms with E-state index in [9.17, 15) is 9.50 Å². The van der Waals surface area contributed by atoms with Gasteiger partial charge >= 0.3 is 0 Å². The summed E-state index contributed by atoms with van der Waals surface area (Å²) >= 11 is 3.15. The molecule has 1 N–H and O–H groups in total. The summed E-state index contributed by atoms with van der Waals surface area (Å²) in [6.07, 6.45) is 3.95. The molecule has 1 saturated carbocycles. The summed E-state index contributed by atoms with van der Waals surface area (Å²) in [6, 6.07) is 4.85. The highest BCUT2D eigenvalue weighted by atomic mass is 79.9. The Morgan fingerprint density at radius 3 is 2.72 bits per heavy atom. The van der Waals surface area contributed by atoms with Crippen molar-refractivity contribution in [2.75, 3.05) is 7.11 Å². The molecule has 0 radical (unpaired) electrons. The van der Waals surface area contributed by atoms with Crippen LogP contribution in [0.25, 0.3) is 0 Å². The van der Waals surface area contributed by atoms with E-state index in [2.05, 4.69) is 15.9 Å². The third-order valence-corrected chi connectivity index (χ3v) is 4.37. The minimum atomic E-state index is -0.442. The topological polar surface area (TPSA) is 29.5 Å². The van der Waals surface area contributed by atoms with Gasteiger partial charge in [-0.25, -0.2) is 4.39 Å². The molecule has 18 heavy (non-hydrogen) atoms. The average Bonchev–Trinajstić information content (AvgIpc) is 2.29. The summed E-state index contributed by atoms with van der Waals surface area (Å²) in [5.41, 5.74) is 0.804. The van der Waals surface area contributed by atoms with Crippen molar-refractivity contribution in [1.82, 2.24) is 0 Å². The molecule has 1 aliphatic rings. The standard InChI is InChI=1S/C14H18BrFO2/c1-18-14(5-2-6-14)9-11(17)7-10-3-4-13(16)12(15)8-10/h3-4,8,11,17H,2,5-7,9H2,1H3. The first-order chi connectivity index (χ1) is 8.54. The number of halogens is 2. The summed E-state index contributed by atoms with van der Waals surface area (Å²) < 4.78 is 19.0. The normalized spacial score (nSPS) is 19.3. The Bertz CT molecular complexity index is 413. The fourth-order valence-corrected chi connectivity index (χ4v) is 2.93. The first kappa shape index (κ1) is 14.0. The lowest BCUT2D eigenvalue weighted by molar-refractivity contribution is -0.0989. The van der Waals surface area contributed by atoms with E-state index in [1.54, 1.807) is 19.2 Å². The maximum atomic E-state index is 13.1. The quantitative estimate of drug-likeness (QED) is 0.901. The zero-order valence-electron chi connectivity index (χ0n) is 10.5. The van der Waals surface area contributed by atoms with Gasteiger partial charge in [-0.2, -0.15) is 0 Å². The maximum Gasteiger partial charge on any atom is 0.137 e. The summed E-state index contributed by atoms with van der Waals surface area (Å²) in [6.45, 7) is 0. The molecule has 0 aromatic heterocycles. The molecule has 0 bridgehead atoms. The van der Waals surface area contributed by atoms with E-state index in [0.717, 1.165) is 18.4 Å². The van der Waals surface area contributed by atoms with Crippen LogP contribution in [0.15, 0.2) is 22.7 Å². The van der Waals surface area contributed by atoms with Gasteiger partial charge in [0, 0.05) is 13.5 Å². The summed E-state index contributed by atoms with van der Waals surface area (Å²) in [5, 5.41) is 10.1. The SMILES string of the molecule is COC1(CC(O)Cc2ccc(F)c(Br)c2)CCC1. The Hall–Kier alpha value is -0.450. The highest BCUT2D eigenvalue weighted by Gasteiger charge is 2.38. The summed E-state index contributed by atoms with van der Waals surface area (Å²) in [7, 11) is 1.71. The fraction of sp³-hybridized carbons (Fsp3) is 0.571. The van der Waals surface area contributed by atoms with Crippen LogP contribution in [-0.4, -0.2) is 23.9 Å². The van der Waals surface area contributed by atoms with Crippen LogP contribution in [0.1, 0.15) is 31.2 Å². The molecule has 4 heteroatoms. The molecule has 1 aliphatic carbocycles. The van der Waals surface area contributed by atoms with Crippen molar-refractivity contribution >= 4 is 15.9 Å². The van der Waals surface area contributed by atoms with Gasteiger partial charge in [0.1, 0.15) is 5.82 Å². The fourth-order valence-electron chi connectivity index (χ4n) is 2.50. The van der Waals surface area contributed by atoms with Crippen LogP contribution >= 0.6 is 15.9 Å². The van der Waals surface area contributed by atoms with Crippen molar-refractivity contribution in [3.05, 3.63) is 34.1 Å². The molecule has 1 fully saturated rings. The first-order valence-electron chi connectivity index (χ1n) is 6.22. The molecule has 2 nitrogen and oxygen atoms in total. The summed E-state index contributed by atoms with van der Waals surface area (Å²) in [5.74, 6) is -0.277. The minimum absolute atomic E-state index is 0.128. The lowest BCUT2D eigenvalue weighted by atomic mass is 9.75. The smallest absolute Gasteiger partial charge is 0.137 e. The second-order valence-electron chi connectivity index (χ2n) is 5.05. The average molecular weight is 317 g/mol. The Morgan fingerprint density at radius 1 is 1.50 bits per heavy atom. The van der Waals surface area contributed by atoms with E-state index in [1.807, 2.05) is 0 Å². The Balaban J connectivity index is 1.94. The maximum absolute atomic E-state index is 13.1. The van der Waals surface area contributed by atoms with Crippen LogP contribution in [0, 0.1) is 5.82 Å². The van der Waals surface area contributed by atoms with E-state index in [-0.39, 0.29) is 11.4 Å². The zero-order valence-corrected chi connectivity index (χ0v) is 12.0. The van der Waals surface area contributed by atoms with Crippen LogP contribution in [0.5, 0.6) is 0 Å². The molecule has 1 unspecified atom stereocenters. The Labute approximate surface area is 115 Å². The van der Waals surface area contributed by atoms with Crippen LogP contribution < -0.4 is 0 Å². The van der Waals surface area contributed by atoms with E-state index >= 15 is 0 Å². The predicted molar refractivity (Wildman–Crippen MR) is 72.0 cm³/mol. The summed E-state index contributed by atoms with van der Waals surface area (Å²) in [4.78, 5) is 0. The van der Waals surface area contributed by atoms with Crippen LogP contribution in [-0.2, 0) is 11.2 Å². The van der Waals surface area contributed by atoms with Crippen molar-refractivity contribution in [3.63, 3.8) is 0 Å². The van der Waals surface area contributed by atoms with Crippen molar-refractivity contribution < 1.29 is 14.2 Å². The molecule has 100 valence electrons. The molecule has 1 atom stereocenters. The molecular formula is C14H18BrFO2. The number of hydrogen-bond acceptors (Lipinski definition) is 2. The van der Waals surface area contributed by atoms with E-state index in [0.29, 0.717) is 17.3 Å². The van der Waals surface area contributed by atoms with Gasteiger partial charge in [-0.3, -0.25) is 0 Å². The Kier molecular flexibility index (Phi) is 4.41. The molecule has 2 rings (SSSR count). The molecule has 0 saturated heterocycles. The van der Waals surface area contributed by atoms with Crippen LogP contribution in [0.2, 0.25) is 0 Å². The highest BCUT2D eigenvalue weighted by molar-refractivity contribution is 9.10. The molecule has 1 aromatic rings. The zero-order chi connectivity index (χ0) is 13.2. The van der Waals surface area contributed by atoms with Crippen molar-refractivity contribution in [2.24, 2.45) is 0 Å². The predicted octanol–water partition coefficient (Wildman–Crippen LogP) is 3.45. The highest BCUT2D eigenvalue weighted by Crippen LogP contribution is 2.39. The second kappa shape index (κ2) is 5.68. The Morgan fingerprint density at radius 2 is 2.22 bits per heavy atom.